The highest BCUT2D eigenvalue weighted by Gasteiger charge is 2.23. The van der Waals surface area contributed by atoms with Crippen molar-refractivity contribution in [2.45, 2.75) is 32.2 Å². The Morgan fingerprint density at radius 2 is 2.39 bits per heavy atom. The van der Waals surface area contributed by atoms with Crippen LogP contribution in [0.5, 0.6) is 0 Å². The number of piperidine rings is 1. The molecular weight excluding hydrogens is 231 g/mol. The number of hydrogen-bond donors (Lipinski definition) is 2. The highest BCUT2D eigenvalue weighted by atomic mass is 19.1. The summed E-state index contributed by atoms with van der Waals surface area (Å²) in [5.74, 6) is 0.112. The van der Waals surface area contributed by atoms with Crippen molar-refractivity contribution in [2.24, 2.45) is 5.92 Å². The van der Waals surface area contributed by atoms with Crippen LogP contribution in [-0.2, 0) is 4.79 Å². The highest BCUT2D eigenvalue weighted by molar-refractivity contribution is 5.91. The molecular formula is C14H19FN2O. The molecule has 18 heavy (non-hydrogen) atoms. The molecule has 4 heteroatoms. The van der Waals surface area contributed by atoms with Gasteiger partial charge in [-0.1, -0.05) is 13.0 Å². The van der Waals surface area contributed by atoms with E-state index in [0.29, 0.717) is 18.0 Å². The molecule has 0 radical (unpaired) electrons. The van der Waals surface area contributed by atoms with Crippen LogP contribution in [0.15, 0.2) is 24.3 Å². The molecule has 2 atom stereocenters. The number of carbonyl (C=O) groups excluding carboxylic acids is 1. The second-order valence-corrected chi connectivity index (χ2v) is 4.94. The van der Waals surface area contributed by atoms with Crippen LogP contribution in [-0.4, -0.2) is 18.5 Å². The fourth-order valence-corrected chi connectivity index (χ4v) is 2.37. The van der Waals surface area contributed by atoms with Crippen LogP contribution in [0.3, 0.4) is 0 Å². The second kappa shape index (κ2) is 5.96. The Morgan fingerprint density at radius 1 is 1.56 bits per heavy atom. The van der Waals surface area contributed by atoms with Gasteiger partial charge in [-0.2, -0.15) is 0 Å². The van der Waals surface area contributed by atoms with E-state index in [2.05, 4.69) is 17.6 Å². The van der Waals surface area contributed by atoms with Crippen LogP contribution in [0.25, 0.3) is 0 Å². The molecule has 1 aromatic rings. The number of carbonyl (C=O) groups is 1. The highest BCUT2D eigenvalue weighted by Crippen LogP contribution is 2.18. The van der Waals surface area contributed by atoms with Gasteiger partial charge in [0.25, 0.3) is 0 Å². The van der Waals surface area contributed by atoms with Crippen LogP contribution in [0.4, 0.5) is 10.1 Å². The van der Waals surface area contributed by atoms with Crippen LogP contribution >= 0.6 is 0 Å². The molecule has 2 rings (SSSR count). The summed E-state index contributed by atoms with van der Waals surface area (Å²) in [6, 6.07) is 6.20. The van der Waals surface area contributed by atoms with Gasteiger partial charge >= 0.3 is 0 Å². The lowest BCUT2D eigenvalue weighted by Crippen LogP contribution is -2.42. The van der Waals surface area contributed by atoms with Crippen LogP contribution < -0.4 is 10.6 Å². The quantitative estimate of drug-likeness (QED) is 0.865. The SMILES string of the molecule is CC1CCCNC1CC(=O)Nc1cccc(F)c1. The summed E-state index contributed by atoms with van der Waals surface area (Å²) in [6.45, 7) is 3.13. The second-order valence-electron chi connectivity index (χ2n) is 4.94. The Bertz CT molecular complexity index is 422. The molecule has 0 spiro atoms. The van der Waals surface area contributed by atoms with Crippen molar-refractivity contribution in [3.8, 4) is 0 Å². The molecule has 1 saturated heterocycles. The van der Waals surface area contributed by atoms with Crippen molar-refractivity contribution in [1.82, 2.24) is 5.32 Å². The summed E-state index contributed by atoms with van der Waals surface area (Å²) >= 11 is 0. The maximum Gasteiger partial charge on any atom is 0.225 e. The third-order valence-electron chi connectivity index (χ3n) is 3.44. The number of benzene rings is 1. The minimum Gasteiger partial charge on any atom is -0.326 e. The molecule has 1 fully saturated rings. The number of nitrogens with one attached hydrogen (secondary N) is 2. The van der Waals surface area contributed by atoms with E-state index in [-0.39, 0.29) is 17.8 Å². The van der Waals surface area contributed by atoms with Gasteiger partial charge in [0.05, 0.1) is 0 Å². The third-order valence-corrected chi connectivity index (χ3v) is 3.44. The van der Waals surface area contributed by atoms with Gasteiger partial charge in [-0.15, -0.1) is 0 Å². The summed E-state index contributed by atoms with van der Waals surface area (Å²) < 4.78 is 13.0. The smallest absolute Gasteiger partial charge is 0.225 e. The summed E-state index contributed by atoms with van der Waals surface area (Å²) in [6.07, 6.45) is 2.77. The largest absolute Gasteiger partial charge is 0.326 e. The summed E-state index contributed by atoms with van der Waals surface area (Å²) in [4.78, 5) is 11.9. The fraction of sp³-hybridized carbons (Fsp3) is 0.500. The molecule has 98 valence electrons. The third kappa shape index (κ3) is 3.53. The van der Waals surface area contributed by atoms with Gasteiger partial charge in [-0.25, -0.2) is 4.39 Å². The molecule has 0 aliphatic carbocycles. The van der Waals surface area contributed by atoms with Crippen molar-refractivity contribution in [2.75, 3.05) is 11.9 Å². The Balaban J connectivity index is 1.88. The molecule has 0 aromatic heterocycles. The molecule has 1 heterocycles. The van der Waals surface area contributed by atoms with Crippen molar-refractivity contribution in [3.63, 3.8) is 0 Å². The van der Waals surface area contributed by atoms with E-state index in [0.717, 1.165) is 13.0 Å². The molecule has 0 bridgehead atoms. The zero-order valence-corrected chi connectivity index (χ0v) is 10.6. The minimum absolute atomic E-state index is 0.0631. The standard InChI is InChI=1S/C14H19FN2O/c1-10-4-3-7-16-13(10)9-14(18)17-12-6-2-5-11(15)8-12/h2,5-6,8,10,13,16H,3-4,7,9H2,1H3,(H,17,18). The van der Waals surface area contributed by atoms with E-state index >= 15 is 0 Å². The normalized spacial score (nSPS) is 23.7. The summed E-state index contributed by atoms with van der Waals surface area (Å²) in [5, 5.41) is 6.09. The molecule has 0 saturated carbocycles. The van der Waals surface area contributed by atoms with E-state index in [1.165, 1.54) is 18.6 Å². The lowest BCUT2D eigenvalue weighted by atomic mass is 9.90. The number of anilines is 1. The summed E-state index contributed by atoms with van der Waals surface area (Å²) in [7, 11) is 0. The molecule has 3 nitrogen and oxygen atoms in total. The molecule has 1 aliphatic rings. The molecule has 2 N–H and O–H groups in total. The zero-order chi connectivity index (χ0) is 13.0. The first-order chi connectivity index (χ1) is 8.65. The number of rotatable bonds is 3. The van der Waals surface area contributed by atoms with Gasteiger partial charge in [0.1, 0.15) is 5.82 Å². The fourth-order valence-electron chi connectivity index (χ4n) is 2.37. The Morgan fingerprint density at radius 3 is 3.11 bits per heavy atom. The number of amides is 1. The van der Waals surface area contributed by atoms with Crippen LogP contribution in [0.1, 0.15) is 26.2 Å². The van der Waals surface area contributed by atoms with Crippen LogP contribution in [0.2, 0.25) is 0 Å². The van der Waals surface area contributed by atoms with E-state index in [4.69, 9.17) is 0 Å². The predicted molar refractivity (Wildman–Crippen MR) is 69.8 cm³/mol. The first-order valence-electron chi connectivity index (χ1n) is 6.44. The number of hydrogen-bond acceptors (Lipinski definition) is 2. The van der Waals surface area contributed by atoms with Gasteiger partial charge < -0.3 is 10.6 Å². The van der Waals surface area contributed by atoms with Gasteiger partial charge in [-0.3, -0.25) is 4.79 Å². The van der Waals surface area contributed by atoms with Gasteiger partial charge in [0, 0.05) is 18.2 Å². The lowest BCUT2D eigenvalue weighted by molar-refractivity contribution is -0.117. The first-order valence-corrected chi connectivity index (χ1v) is 6.44. The topological polar surface area (TPSA) is 41.1 Å². The summed E-state index contributed by atoms with van der Waals surface area (Å²) in [5.41, 5.74) is 0.517. The molecule has 1 aliphatic heterocycles. The average molecular weight is 250 g/mol. The number of halogens is 1. The van der Waals surface area contributed by atoms with Crippen molar-refractivity contribution >= 4 is 11.6 Å². The Kier molecular flexibility index (Phi) is 4.31. The van der Waals surface area contributed by atoms with Crippen molar-refractivity contribution in [1.29, 1.82) is 0 Å². The van der Waals surface area contributed by atoms with E-state index in [1.54, 1.807) is 12.1 Å². The van der Waals surface area contributed by atoms with Crippen molar-refractivity contribution in [3.05, 3.63) is 30.1 Å². The minimum atomic E-state index is -0.336. The Hall–Kier alpha value is -1.42. The Labute approximate surface area is 107 Å². The molecule has 1 amide bonds. The van der Waals surface area contributed by atoms with Gasteiger partial charge in [0.15, 0.2) is 0 Å². The van der Waals surface area contributed by atoms with E-state index in [9.17, 15) is 9.18 Å². The van der Waals surface area contributed by atoms with E-state index in [1.807, 2.05) is 0 Å². The predicted octanol–water partition coefficient (Wildman–Crippen LogP) is 2.54. The van der Waals surface area contributed by atoms with Gasteiger partial charge in [0.2, 0.25) is 5.91 Å². The first kappa shape index (κ1) is 13.0. The van der Waals surface area contributed by atoms with Gasteiger partial charge in [-0.05, 0) is 43.5 Å². The average Bonchev–Trinajstić information content (AvgIpc) is 2.32. The maximum absolute atomic E-state index is 13.0. The lowest BCUT2D eigenvalue weighted by Gasteiger charge is -2.29. The molecule has 1 aromatic carbocycles. The maximum atomic E-state index is 13.0. The monoisotopic (exact) mass is 250 g/mol. The van der Waals surface area contributed by atoms with Crippen LogP contribution in [0, 0.1) is 11.7 Å². The zero-order valence-electron chi connectivity index (χ0n) is 10.6. The molecule has 2 unspecified atom stereocenters. The van der Waals surface area contributed by atoms with E-state index < -0.39 is 0 Å². The van der Waals surface area contributed by atoms with Crippen molar-refractivity contribution < 1.29 is 9.18 Å².